The molecule has 0 bridgehead atoms. The summed E-state index contributed by atoms with van der Waals surface area (Å²) in [7, 11) is 0. The van der Waals surface area contributed by atoms with Crippen LogP contribution in [0.25, 0.3) is 11.0 Å². The first-order valence-corrected chi connectivity index (χ1v) is 5.54. The SMILES string of the molecule is Cc1cc(OC(=O)O)cc2[nH]c(C3CC3)nc12. The van der Waals surface area contributed by atoms with Gasteiger partial charge in [0.1, 0.15) is 11.6 Å². The van der Waals surface area contributed by atoms with E-state index in [1.54, 1.807) is 12.1 Å². The summed E-state index contributed by atoms with van der Waals surface area (Å²) in [6.07, 6.45) is 1.06. The Morgan fingerprint density at radius 2 is 2.29 bits per heavy atom. The zero-order valence-electron chi connectivity index (χ0n) is 9.36. The normalized spacial score (nSPS) is 15.1. The van der Waals surface area contributed by atoms with Crippen molar-refractivity contribution in [3.63, 3.8) is 0 Å². The molecule has 1 heterocycles. The first kappa shape index (κ1) is 10.1. The van der Waals surface area contributed by atoms with Gasteiger partial charge < -0.3 is 14.8 Å². The van der Waals surface area contributed by atoms with E-state index in [-0.39, 0.29) is 0 Å². The van der Waals surface area contributed by atoms with Gasteiger partial charge in [-0.3, -0.25) is 0 Å². The van der Waals surface area contributed by atoms with Crippen LogP contribution in [0.15, 0.2) is 12.1 Å². The van der Waals surface area contributed by atoms with Crippen LogP contribution in [0.3, 0.4) is 0 Å². The van der Waals surface area contributed by atoms with E-state index in [4.69, 9.17) is 5.11 Å². The third kappa shape index (κ3) is 1.84. The number of aryl methyl sites for hydroxylation is 1. The van der Waals surface area contributed by atoms with Crippen LogP contribution >= 0.6 is 0 Å². The van der Waals surface area contributed by atoms with Gasteiger partial charge in [0.2, 0.25) is 0 Å². The van der Waals surface area contributed by atoms with Crippen LogP contribution in [-0.4, -0.2) is 21.2 Å². The molecule has 1 aromatic carbocycles. The Kier molecular flexibility index (Phi) is 2.07. The van der Waals surface area contributed by atoms with Crippen molar-refractivity contribution in [1.29, 1.82) is 0 Å². The summed E-state index contributed by atoms with van der Waals surface area (Å²) in [6.45, 7) is 1.90. The molecule has 88 valence electrons. The predicted octanol–water partition coefficient (Wildman–Crippen LogP) is 2.81. The molecule has 17 heavy (non-hydrogen) atoms. The average molecular weight is 232 g/mol. The lowest BCUT2D eigenvalue weighted by atomic mass is 10.2. The lowest BCUT2D eigenvalue weighted by molar-refractivity contribution is 0.144. The van der Waals surface area contributed by atoms with Gasteiger partial charge in [-0.15, -0.1) is 0 Å². The molecule has 0 saturated heterocycles. The second kappa shape index (κ2) is 3.48. The van der Waals surface area contributed by atoms with E-state index < -0.39 is 6.16 Å². The van der Waals surface area contributed by atoms with Crippen LogP contribution in [-0.2, 0) is 0 Å². The maximum atomic E-state index is 10.5. The first-order valence-electron chi connectivity index (χ1n) is 5.54. The third-order valence-electron chi connectivity index (χ3n) is 2.94. The second-order valence-electron chi connectivity index (χ2n) is 4.40. The molecule has 2 aromatic rings. The highest BCUT2D eigenvalue weighted by molar-refractivity contribution is 5.81. The van der Waals surface area contributed by atoms with Gasteiger partial charge in [-0.2, -0.15) is 0 Å². The Balaban J connectivity index is 2.07. The maximum absolute atomic E-state index is 10.5. The molecule has 1 aliphatic carbocycles. The van der Waals surface area contributed by atoms with Gasteiger partial charge in [0.25, 0.3) is 0 Å². The smallest absolute Gasteiger partial charge is 0.449 e. The van der Waals surface area contributed by atoms with Crippen molar-refractivity contribution in [2.24, 2.45) is 0 Å². The topological polar surface area (TPSA) is 75.2 Å². The molecule has 1 saturated carbocycles. The molecule has 0 aliphatic heterocycles. The number of fused-ring (bicyclic) bond motifs is 1. The second-order valence-corrected chi connectivity index (χ2v) is 4.40. The number of carboxylic acid groups (broad SMARTS) is 1. The summed E-state index contributed by atoms with van der Waals surface area (Å²) >= 11 is 0. The van der Waals surface area contributed by atoms with Crippen molar-refractivity contribution in [1.82, 2.24) is 9.97 Å². The van der Waals surface area contributed by atoms with Crippen LogP contribution in [0, 0.1) is 6.92 Å². The standard InChI is InChI=1S/C12H12N2O3/c1-6-4-8(17-12(15)16)5-9-10(6)14-11(13-9)7-2-3-7/h4-5,7H,2-3H2,1H3,(H,13,14)(H,15,16). The molecular formula is C12H12N2O3. The van der Waals surface area contributed by atoms with Gasteiger partial charge in [-0.1, -0.05) is 0 Å². The highest BCUT2D eigenvalue weighted by Crippen LogP contribution is 2.39. The van der Waals surface area contributed by atoms with Crippen molar-refractivity contribution in [3.8, 4) is 5.75 Å². The molecule has 0 radical (unpaired) electrons. The van der Waals surface area contributed by atoms with Gasteiger partial charge in [0.05, 0.1) is 11.0 Å². The fourth-order valence-electron chi connectivity index (χ4n) is 1.99. The Morgan fingerprint density at radius 1 is 1.53 bits per heavy atom. The van der Waals surface area contributed by atoms with Crippen LogP contribution in [0.5, 0.6) is 5.75 Å². The van der Waals surface area contributed by atoms with Crippen molar-refractivity contribution in [2.75, 3.05) is 0 Å². The van der Waals surface area contributed by atoms with Crippen LogP contribution in [0.1, 0.15) is 30.1 Å². The quantitative estimate of drug-likeness (QED) is 0.616. The van der Waals surface area contributed by atoms with E-state index >= 15 is 0 Å². The molecule has 0 amide bonds. The molecule has 1 aromatic heterocycles. The third-order valence-corrected chi connectivity index (χ3v) is 2.94. The van der Waals surface area contributed by atoms with Gasteiger partial charge in [-0.05, 0) is 31.4 Å². The summed E-state index contributed by atoms with van der Waals surface area (Å²) in [5.74, 6) is 1.87. The minimum atomic E-state index is -1.30. The van der Waals surface area contributed by atoms with Crippen LogP contribution in [0.2, 0.25) is 0 Å². The Morgan fingerprint density at radius 3 is 2.94 bits per heavy atom. The summed E-state index contributed by atoms with van der Waals surface area (Å²) < 4.78 is 4.66. The van der Waals surface area contributed by atoms with E-state index in [1.807, 2.05) is 6.92 Å². The summed E-state index contributed by atoms with van der Waals surface area (Å²) in [5.41, 5.74) is 2.65. The molecular weight excluding hydrogens is 220 g/mol. The average Bonchev–Trinajstić information content (AvgIpc) is 2.98. The lowest BCUT2D eigenvalue weighted by Gasteiger charge is -2.01. The van der Waals surface area contributed by atoms with Crippen LogP contribution in [0.4, 0.5) is 4.79 Å². The van der Waals surface area contributed by atoms with Gasteiger partial charge in [0, 0.05) is 12.0 Å². The Hall–Kier alpha value is -2.04. The molecule has 2 N–H and O–H groups in total. The minimum absolute atomic E-state index is 0.327. The lowest BCUT2D eigenvalue weighted by Crippen LogP contribution is -2.03. The van der Waals surface area contributed by atoms with E-state index in [0.717, 1.165) is 22.4 Å². The number of hydrogen-bond donors (Lipinski definition) is 2. The maximum Gasteiger partial charge on any atom is 0.511 e. The fraction of sp³-hybridized carbons (Fsp3) is 0.333. The molecule has 0 unspecified atom stereocenters. The van der Waals surface area contributed by atoms with Gasteiger partial charge in [0.15, 0.2) is 0 Å². The van der Waals surface area contributed by atoms with E-state index in [9.17, 15) is 4.79 Å². The zero-order chi connectivity index (χ0) is 12.0. The summed E-state index contributed by atoms with van der Waals surface area (Å²) in [6, 6.07) is 3.36. The van der Waals surface area contributed by atoms with Gasteiger partial charge >= 0.3 is 6.16 Å². The Bertz CT molecular complexity index is 599. The van der Waals surface area contributed by atoms with Crippen molar-refractivity contribution in [2.45, 2.75) is 25.7 Å². The first-order chi connectivity index (χ1) is 8.13. The summed E-state index contributed by atoms with van der Waals surface area (Å²) in [4.78, 5) is 18.3. The molecule has 1 fully saturated rings. The highest BCUT2D eigenvalue weighted by Gasteiger charge is 2.27. The number of aromatic amines is 1. The number of carbonyl (C=O) groups is 1. The number of imidazole rings is 1. The number of H-pyrrole nitrogens is 1. The molecule has 5 heteroatoms. The molecule has 1 aliphatic rings. The molecule has 0 spiro atoms. The number of nitrogens with one attached hydrogen (secondary N) is 1. The number of nitrogens with zero attached hydrogens (tertiary/aromatic N) is 1. The number of benzene rings is 1. The monoisotopic (exact) mass is 232 g/mol. The molecule has 3 rings (SSSR count). The number of rotatable bonds is 2. The number of hydrogen-bond acceptors (Lipinski definition) is 3. The van der Waals surface area contributed by atoms with Crippen molar-refractivity contribution in [3.05, 3.63) is 23.5 Å². The van der Waals surface area contributed by atoms with E-state index in [1.165, 1.54) is 12.8 Å². The zero-order valence-corrected chi connectivity index (χ0v) is 9.36. The van der Waals surface area contributed by atoms with E-state index in [2.05, 4.69) is 14.7 Å². The Labute approximate surface area is 97.4 Å². The van der Waals surface area contributed by atoms with Crippen molar-refractivity contribution >= 4 is 17.2 Å². The highest BCUT2D eigenvalue weighted by atomic mass is 16.7. The van der Waals surface area contributed by atoms with Crippen LogP contribution < -0.4 is 4.74 Å². The molecule has 0 atom stereocenters. The molecule has 5 nitrogen and oxygen atoms in total. The predicted molar refractivity (Wildman–Crippen MR) is 61.5 cm³/mol. The fourth-order valence-corrected chi connectivity index (χ4v) is 1.99. The number of aromatic nitrogens is 2. The largest absolute Gasteiger partial charge is 0.511 e. The van der Waals surface area contributed by atoms with Crippen molar-refractivity contribution < 1.29 is 14.6 Å². The van der Waals surface area contributed by atoms with Gasteiger partial charge in [-0.25, -0.2) is 9.78 Å². The summed E-state index contributed by atoms with van der Waals surface area (Å²) in [5, 5.41) is 8.59. The van der Waals surface area contributed by atoms with E-state index in [0.29, 0.717) is 11.7 Å². The minimum Gasteiger partial charge on any atom is -0.449 e. The number of ether oxygens (including phenoxy) is 1.